The molecule has 0 bridgehead atoms. The third-order valence-electron chi connectivity index (χ3n) is 3.11. The zero-order valence-electron chi connectivity index (χ0n) is 10.4. The molecule has 3 heteroatoms. The molecule has 2 rings (SSSR count). The minimum absolute atomic E-state index is 0.0221. The van der Waals surface area contributed by atoms with Gasteiger partial charge in [-0.3, -0.25) is 0 Å². The highest BCUT2D eigenvalue weighted by atomic mass is 16.7. The molecule has 1 fully saturated rings. The average Bonchev–Trinajstić information content (AvgIpc) is 2.40. The fourth-order valence-corrected chi connectivity index (χ4v) is 2.14. The summed E-state index contributed by atoms with van der Waals surface area (Å²) in [6, 6.07) is 7.21. The second-order valence-corrected chi connectivity index (χ2v) is 4.51. The van der Waals surface area contributed by atoms with Crippen LogP contribution in [0.2, 0.25) is 0 Å². The second-order valence-electron chi connectivity index (χ2n) is 4.51. The van der Waals surface area contributed by atoms with E-state index in [-0.39, 0.29) is 6.10 Å². The number of benzene rings is 1. The van der Waals surface area contributed by atoms with Crippen molar-refractivity contribution >= 4 is 12.2 Å². The van der Waals surface area contributed by atoms with Gasteiger partial charge in [-0.2, -0.15) is 0 Å². The van der Waals surface area contributed by atoms with Crippen LogP contribution in [0.25, 0.3) is 6.08 Å². The standard InChI is InChI=1S/C15H18O3/c1-2-12-7-6-10-14(11-12)18-15(16)17-13-8-4-3-5-9-13/h2,6-7,10-11,13H,1,3-5,8-9H2. The van der Waals surface area contributed by atoms with Crippen molar-refractivity contribution in [3.8, 4) is 5.75 Å². The zero-order valence-corrected chi connectivity index (χ0v) is 10.4. The summed E-state index contributed by atoms with van der Waals surface area (Å²) < 4.78 is 10.4. The van der Waals surface area contributed by atoms with Crippen LogP contribution in [0.5, 0.6) is 5.75 Å². The predicted octanol–water partition coefficient (Wildman–Crippen LogP) is 4.18. The number of rotatable bonds is 3. The number of ether oxygens (including phenoxy) is 2. The van der Waals surface area contributed by atoms with Crippen LogP contribution in [0.4, 0.5) is 4.79 Å². The van der Waals surface area contributed by atoms with Gasteiger partial charge in [-0.1, -0.05) is 31.2 Å². The summed E-state index contributed by atoms with van der Waals surface area (Å²) in [5, 5.41) is 0. The quantitative estimate of drug-likeness (QED) is 0.593. The maximum absolute atomic E-state index is 11.6. The Labute approximate surface area is 107 Å². The summed E-state index contributed by atoms with van der Waals surface area (Å²) in [6.07, 6.45) is 6.50. The maximum Gasteiger partial charge on any atom is 0.514 e. The van der Waals surface area contributed by atoms with Gasteiger partial charge in [0.15, 0.2) is 0 Å². The van der Waals surface area contributed by atoms with Crippen molar-refractivity contribution in [1.82, 2.24) is 0 Å². The van der Waals surface area contributed by atoms with E-state index < -0.39 is 6.16 Å². The van der Waals surface area contributed by atoms with Crippen molar-refractivity contribution in [1.29, 1.82) is 0 Å². The lowest BCUT2D eigenvalue weighted by Gasteiger charge is -2.21. The van der Waals surface area contributed by atoms with E-state index in [0.717, 1.165) is 31.2 Å². The van der Waals surface area contributed by atoms with Gasteiger partial charge in [-0.05, 0) is 43.4 Å². The second kappa shape index (κ2) is 6.24. The first-order chi connectivity index (χ1) is 8.78. The van der Waals surface area contributed by atoms with Crippen LogP contribution in [0, 0.1) is 0 Å². The molecular weight excluding hydrogens is 228 g/mol. The van der Waals surface area contributed by atoms with E-state index in [4.69, 9.17) is 9.47 Å². The lowest BCUT2D eigenvalue weighted by atomic mass is 9.98. The van der Waals surface area contributed by atoms with Crippen LogP contribution in [0.3, 0.4) is 0 Å². The van der Waals surface area contributed by atoms with E-state index in [9.17, 15) is 4.79 Å². The highest BCUT2D eigenvalue weighted by Gasteiger charge is 2.18. The molecule has 0 N–H and O–H groups in total. The van der Waals surface area contributed by atoms with E-state index >= 15 is 0 Å². The fraction of sp³-hybridized carbons (Fsp3) is 0.400. The summed E-state index contributed by atoms with van der Waals surface area (Å²) in [5.74, 6) is 0.494. The summed E-state index contributed by atoms with van der Waals surface area (Å²) in [7, 11) is 0. The topological polar surface area (TPSA) is 35.5 Å². The molecule has 0 aromatic heterocycles. The summed E-state index contributed by atoms with van der Waals surface area (Å²) in [5.41, 5.74) is 0.915. The van der Waals surface area contributed by atoms with Crippen LogP contribution in [-0.4, -0.2) is 12.3 Å². The van der Waals surface area contributed by atoms with Crippen molar-refractivity contribution in [3.05, 3.63) is 36.4 Å². The average molecular weight is 246 g/mol. The molecule has 0 heterocycles. The fourth-order valence-electron chi connectivity index (χ4n) is 2.14. The van der Waals surface area contributed by atoms with Gasteiger partial charge in [0, 0.05) is 0 Å². The van der Waals surface area contributed by atoms with Gasteiger partial charge in [0.05, 0.1) is 0 Å². The number of hydrogen-bond donors (Lipinski definition) is 0. The SMILES string of the molecule is C=Cc1cccc(OC(=O)OC2CCCCC2)c1. The highest BCUT2D eigenvalue weighted by Crippen LogP contribution is 2.21. The molecule has 96 valence electrons. The molecular formula is C15H18O3. The Morgan fingerprint density at radius 3 is 2.78 bits per heavy atom. The Kier molecular flexibility index (Phi) is 4.40. The van der Waals surface area contributed by atoms with Gasteiger partial charge >= 0.3 is 6.16 Å². The van der Waals surface area contributed by atoms with Crippen molar-refractivity contribution in [3.63, 3.8) is 0 Å². The Morgan fingerprint density at radius 2 is 2.06 bits per heavy atom. The molecule has 0 unspecified atom stereocenters. The molecule has 0 radical (unpaired) electrons. The van der Waals surface area contributed by atoms with Crippen molar-refractivity contribution in [2.45, 2.75) is 38.2 Å². The number of carbonyl (C=O) groups is 1. The Balaban J connectivity index is 1.87. The molecule has 3 nitrogen and oxygen atoms in total. The zero-order chi connectivity index (χ0) is 12.8. The minimum atomic E-state index is -0.608. The lowest BCUT2D eigenvalue weighted by molar-refractivity contribution is 0.0417. The van der Waals surface area contributed by atoms with Crippen LogP contribution in [0.1, 0.15) is 37.7 Å². The van der Waals surface area contributed by atoms with E-state index in [0.29, 0.717) is 5.75 Å². The monoisotopic (exact) mass is 246 g/mol. The molecule has 1 aromatic rings. The van der Waals surface area contributed by atoms with Crippen molar-refractivity contribution in [2.75, 3.05) is 0 Å². The Hall–Kier alpha value is -1.77. The first-order valence-electron chi connectivity index (χ1n) is 6.39. The molecule has 0 atom stereocenters. The molecule has 1 saturated carbocycles. The maximum atomic E-state index is 11.6. The lowest BCUT2D eigenvalue weighted by Crippen LogP contribution is -2.23. The van der Waals surface area contributed by atoms with Crippen LogP contribution >= 0.6 is 0 Å². The molecule has 0 spiro atoms. The molecule has 1 aliphatic rings. The first-order valence-corrected chi connectivity index (χ1v) is 6.39. The summed E-state index contributed by atoms with van der Waals surface area (Å²) in [6.45, 7) is 3.67. The van der Waals surface area contributed by atoms with Gasteiger partial charge in [0.2, 0.25) is 0 Å². The van der Waals surface area contributed by atoms with E-state index in [1.54, 1.807) is 18.2 Å². The third-order valence-corrected chi connectivity index (χ3v) is 3.11. The van der Waals surface area contributed by atoms with Gasteiger partial charge in [0.25, 0.3) is 0 Å². The highest BCUT2D eigenvalue weighted by molar-refractivity contribution is 5.64. The smallest absolute Gasteiger partial charge is 0.431 e. The first kappa shape index (κ1) is 12.7. The van der Waals surface area contributed by atoms with Gasteiger partial charge < -0.3 is 9.47 Å². The van der Waals surface area contributed by atoms with Crippen LogP contribution in [-0.2, 0) is 4.74 Å². The number of hydrogen-bond acceptors (Lipinski definition) is 3. The predicted molar refractivity (Wildman–Crippen MR) is 70.5 cm³/mol. The summed E-state index contributed by atoms with van der Waals surface area (Å²) >= 11 is 0. The molecule has 0 aliphatic heterocycles. The minimum Gasteiger partial charge on any atom is -0.431 e. The summed E-state index contributed by atoms with van der Waals surface area (Å²) in [4.78, 5) is 11.6. The van der Waals surface area contributed by atoms with E-state index in [1.807, 2.05) is 12.1 Å². The molecule has 0 amide bonds. The van der Waals surface area contributed by atoms with Crippen molar-refractivity contribution < 1.29 is 14.3 Å². The van der Waals surface area contributed by atoms with E-state index in [2.05, 4.69) is 6.58 Å². The molecule has 0 saturated heterocycles. The largest absolute Gasteiger partial charge is 0.514 e. The number of carbonyl (C=O) groups excluding carboxylic acids is 1. The van der Waals surface area contributed by atoms with Crippen LogP contribution in [0.15, 0.2) is 30.8 Å². The van der Waals surface area contributed by atoms with Crippen LogP contribution < -0.4 is 4.74 Å². The molecule has 18 heavy (non-hydrogen) atoms. The molecule has 1 aromatic carbocycles. The van der Waals surface area contributed by atoms with Gasteiger partial charge in [-0.15, -0.1) is 0 Å². The van der Waals surface area contributed by atoms with E-state index in [1.165, 1.54) is 6.42 Å². The van der Waals surface area contributed by atoms with Gasteiger partial charge in [-0.25, -0.2) is 4.79 Å². The third kappa shape index (κ3) is 3.62. The Bertz CT molecular complexity index is 420. The van der Waals surface area contributed by atoms with Gasteiger partial charge in [0.1, 0.15) is 11.9 Å². The normalized spacial score (nSPS) is 16.0. The molecule has 1 aliphatic carbocycles. The Morgan fingerprint density at radius 1 is 1.28 bits per heavy atom. The van der Waals surface area contributed by atoms with Crippen molar-refractivity contribution in [2.24, 2.45) is 0 Å².